The van der Waals surface area contributed by atoms with Crippen LogP contribution < -0.4 is 5.73 Å². The van der Waals surface area contributed by atoms with Gasteiger partial charge in [-0.1, -0.05) is 31.2 Å². The normalized spacial score (nSPS) is 25.6. The second-order valence-corrected chi connectivity index (χ2v) is 3.92. The molecule has 1 aliphatic rings. The third-order valence-electron chi connectivity index (χ3n) is 2.75. The van der Waals surface area contributed by atoms with Crippen molar-refractivity contribution in [1.82, 2.24) is 0 Å². The number of rotatable bonds is 1. The fraction of sp³-hybridized carbons (Fsp3) is 0.273. The van der Waals surface area contributed by atoms with E-state index >= 15 is 0 Å². The molecule has 1 atom stereocenters. The first-order valence-electron chi connectivity index (χ1n) is 4.48. The monoisotopic (exact) mass is 191 g/mol. The van der Waals surface area contributed by atoms with Gasteiger partial charge >= 0.3 is 0 Å². The van der Waals surface area contributed by atoms with Crippen LogP contribution in [-0.4, -0.2) is 0 Å². The van der Waals surface area contributed by atoms with Gasteiger partial charge in [-0.3, -0.25) is 0 Å². The largest absolute Gasteiger partial charge is 0.317 e. The number of hydrogen-bond acceptors (Lipinski definition) is 2. The highest BCUT2D eigenvalue weighted by Gasteiger charge is 2.34. The summed E-state index contributed by atoms with van der Waals surface area (Å²) in [6.07, 6.45) is 2.95. The molecule has 0 saturated carbocycles. The van der Waals surface area contributed by atoms with Gasteiger partial charge in [0.1, 0.15) is 0 Å². The Bertz CT molecular complexity index is 370. The molecular weight excluding hydrogens is 178 g/mol. The molecule has 0 spiro atoms. The summed E-state index contributed by atoms with van der Waals surface area (Å²) in [5, 5.41) is 0. The zero-order valence-electron chi connectivity index (χ0n) is 7.62. The van der Waals surface area contributed by atoms with Gasteiger partial charge in [0.15, 0.2) is 0 Å². The molecule has 1 aromatic carbocycles. The molecule has 1 aromatic rings. The third-order valence-corrected chi connectivity index (χ3v) is 3.28. The molecular formula is C11H13NS. The van der Waals surface area contributed by atoms with Crippen LogP contribution in [-0.2, 0) is 5.54 Å². The lowest BCUT2D eigenvalue weighted by molar-refractivity contribution is 0.542. The number of nitrogens with two attached hydrogens (primary N) is 1. The Kier molecular flexibility index (Phi) is 1.97. The van der Waals surface area contributed by atoms with Crippen LogP contribution in [0.15, 0.2) is 29.2 Å². The van der Waals surface area contributed by atoms with Crippen molar-refractivity contribution in [3.05, 3.63) is 40.3 Å². The fourth-order valence-electron chi connectivity index (χ4n) is 1.81. The molecule has 0 fully saturated rings. The van der Waals surface area contributed by atoms with Crippen LogP contribution in [0, 0.1) is 0 Å². The molecule has 1 unspecified atom stereocenters. The summed E-state index contributed by atoms with van der Waals surface area (Å²) in [6.45, 7) is 2.09. The SMILES string of the molecule is CCC1(N)C(S)=Cc2ccccc21. The highest BCUT2D eigenvalue weighted by molar-refractivity contribution is 7.84. The van der Waals surface area contributed by atoms with Gasteiger partial charge in [-0.15, -0.1) is 12.6 Å². The summed E-state index contributed by atoms with van der Waals surface area (Å²) in [5.41, 5.74) is 8.32. The van der Waals surface area contributed by atoms with E-state index in [0.717, 1.165) is 11.3 Å². The third kappa shape index (κ3) is 1.13. The van der Waals surface area contributed by atoms with Crippen molar-refractivity contribution in [1.29, 1.82) is 0 Å². The fourth-order valence-corrected chi connectivity index (χ4v) is 2.23. The maximum absolute atomic E-state index is 6.27. The highest BCUT2D eigenvalue weighted by Crippen LogP contribution is 2.41. The lowest BCUT2D eigenvalue weighted by atomic mass is 9.90. The van der Waals surface area contributed by atoms with Crippen molar-refractivity contribution in [3.63, 3.8) is 0 Å². The molecule has 2 heteroatoms. The molecule has 1 nitrogen and oxygen atoms in total. The van der Waals surface area contributed by atoms with Crippen molar-refractivity contribution in [2.24, 2.45) is 5.73 Å². The topological polar surface area (TPSA) is 26.0 Å². The molecule has 0 saturated heterocycles. The van der Waals surface area contributed by atoms with Gasteiger partial charge in [0.2, 0.25) is 0 Å². The van der Waals surface area contributed by atoms with E-state index in [9.17, 15) is 0 Å². The molecule has 0 aliphatic heterocycles. The number of benzene rings is 1. The van der Waals surface area contributed by atoms with E-state index in [-0.39, 0.29) is 5.54 Å². The Hall–Kier alpha value is -0.730. The number of fused-ring (bicyclic) bond motifs is 1. The van der Waals surface area contributed by atoms with Crippen molar-refractivity contribution >= 4 is 18.7 Å². The zero-order chi connectivity index (χ0) is 9.47. The predicted octanol–water partition coefficient (Wildman–Crippen LogP) is 2.53. The zero-order valence-corrected chi connectivity index (χ0v) is 8.51. The van der Waals surface area contributed by atoms with Gasteiger partial charge in [0, 0.05) is 4.91 Å². The summed E-state index contributed by atoms with van der Waals surface area (Å²) >= 11 is 4.43. The summed E-state index contributed by atoms with van der Waals surface area (Å²) in [7, 11) is 0. The molecule has 2 N–H and O–H groups in total. The van der Waals surface area contributed by atoms with E-state index in [0.29, 0.717) is 0 Å². The predicted molar refractivity (Wildman–Crippen MR) is 59.6 cm³/mol. The minimum Gasteiger partial charge on any atom is -0.317 e. The lowest BCUT2D eigenvalue weighted by Crippen LogP contribution is -2.34. The van der Waals surface area contributed by atoms with Crippen LogP contribution in [0.3, 0.4) is 0 Å². The Balaban J connectivity index is 2.61. The van der Waals surface area contributed by atoms with Crippen LogP contribution >= 0.6 is 12.6 Å². The van der Waals surface area contributed by atoms with Crippen LogP contribution in [0.25, 0.3) is 6.08 Å². The van der Waals surface area contributed by atoms with Gasteiger partial charge in [-0.05, 0) is 23.6 Å². The second kappa shape index (κ2) is 2.89. The summed E-state index contributed by atoms with van der Waals surface area (Å²) in [5.74, 6) is 0. The molecule has 1 aliphatic carbocycles. The molecule has 2 rings (SSSR count). The molecule has 68 valence electrons. The van der Waals surface area contributed by atoms with Gasteiger partial charge in [0.05, 0.1) is 5.54 Å². The molecule has 0 bridgehead atoms. The lowest BCUT2D eigenvalue weighted by Gasteiger charge is -2.25. The van der Waals surface area contributed by atoms with E-state index in [1.165, 1.54) is 11.1 Å². The summed E-state index contributed by atoms with van der Waals surface area (Å²) in [4.78, 5) is 0.969. The van der Waals surface area contributed by atoms with E-state index < -0.39 is 0 Å². The molecule has 0 aromatic heterocycles. The molecule has 0 radical (unpaired) electrons. The van der Waals surface area contributed by atoms with Crippen LogP contribution in [0.2, 0.25) is 0 Å². The summed E-state index contributed by atoms with van der Waals surface area (Å²) in [6, 6.07) is 8.21. The van der Waals surface area contributed by atoms with Gasteiger partial charge < -0.3 is 5.73 Å². The minimum atomic E-state index is -0.348. The first-order chi connectivity index (χ1) is 6.18. The molecule has 0 heterocycles. The average molecular weight is 191 g/mol. The molecule has 0 amide bonds. The molecule has 13 heavy (non-hydrogen) atoms. The van der Waals surface area contributed by atoms with Crippen molar-refractivity contribution < 1.29 is 0 Å². The summed E-state index contributed by atoms with van der Waals surface area (Å²) < 4.78 is 0. The number of hydrogen-bond donors (Lipinski definition) is 2. The van der Waals surface area contributed by atoms with Gasteiger partial charge in [-0.25, -0.2) is 0 Å². The Morgan fingerprint density at radius 2 is 2.08 bits per heavy atom. The smallest absolute Gasteiger partial charge is 0.0725 e. The van der Waals surface area contributed by atoms with Crippen molar-refractivity contribution in [2.45, 2.75) is 18.9 Å². The van der Waals surface area contributed by atoms with Crippen LogP contribution in [0.1, 0.15) is 24.5 Å². The first-order valence-corrected chi connectivity index (χ1v) is 4.92. The first kappa shape index (κ1) is 8.85. The van der Waals surface area contributed by atoms with Gasteiger partial charge in [0.25, 0.3) is 0 Å². The standard InChI is InChI=1S/C11H13NS/c1-2-11(12)9-6-4-3-5-8(9)7-10(11)13/h3-7,13H,2,12H2,1H3. The van der Waals surface area contributed by atoms with E-state index in [4.69, 9.17) is 5.73 Å². The Morgan fingerprint density at radius 1 is 1.38 bits per heavy atom. The van der Waals surface area contributed by atoms with E-state index in [2.05, 4.69) is 37.8 Å². The van der Waals surface area contributed by atoms with Gasteiger partial charge in [-0.2, -0.15) is 0 Å². The minimum absolute atomic E-state index is 0.348. The van der Waals surface area contributed by atoms with E-state index in [1.54, 1.807) is 0 Å². The van der Waals surface area contributed by atoms with E-state index in [1.807, 2.05) is 12.1 Å². The maximum atomic E-state index is 6.27. The average Bonchev–Trinajstić information content (AvgIpc) is 2.41. The maximum Gasteiger partial charge on any atom is 0.0725 e. The van der Waals surface area contributed by atoms with Crippen molar-refractivity contribution in [3.8, 4) is 0 Å². The van der Waals surface area contributed by atoms with Crippen molar-refractivity contribution in [2.75, 3.05) is 0 Å². The number of thiol groups is 1. The quantitative estimate of drug-likeness (QED) is 0.655. The second-order valence-electron chi connectivity index (χ2n) is 3.44. The van der Waals surface area contributed by atoms with Crippen LogP contribution in [0.5, 0.6) is 0 Å². The Labute approximate surface area is 84.1 Å². The van der Waals surface area contributed by atoms with Crippen LogP contribution in [0.4, 0.5) is 0 Å². The highest BCUT2D eigenvalue weighted by atomic mass is 32.1. The Morgan fingerprint density at radius 3 is 2.77 bits per heavy atom.